The van der Waals surface area contributed by atoms with Crippen LogP contribution in [0.5, 0.6) is 0 Å². The summed E-state index contributed by atoms with van der Waals surface area (Å²) >= 11 is 12.7. The van der Waals surface area contributed by atoms with Crippen molar-refractivity contribution in [3.63, 3.8) is 0 Å². The maximum atomic E-state index is 14.1. The maximum Gasteiger partial charge on any atom is 0.264 e. The minimum Gasteiger partial charge on any atom is -0.352 e. The highest BCUT2D eigenvalue weighted by atomic mass is 35.5. The fourth-order valence-electron chi connectivity index (χ4n) is 5.17. The topological polar surface area (TPSA) is 86.8 Å². The van der Waals surface area contributed by atoms with E-state index < -0.39 is 28.5 Å². The van der Waals surface area contributed by atoms with E-state index >= 15 is 0 Å². The minimum atomic E-state index is -4.22. The zero-order valence-electron chi connectivity index (χ0n) is 23.0. The zero-order valence-corrected chi connectivity index (χ0v) is 25.3. The van der Waals surface area contributed by atoms with E-state index in [1.165, 1.54) is 29.2 Å². The molecule has 0 radical (unpaired) electrons. The van der Waals surface area contributed by atoms with Crippen LogP contribution in [-0.4, -0.2) is 50.3 Å². The van der Waals surface area contributed by atoms with E-state index in [0.717, 1.165) is 35.6 Å². The van der Waals surface area contributed by atoms with Crippen molar-refractivity contribution in [3.8, 4) is 0 Å². The average Bonchev–Trinajstić information content (AvgIpc) is 3.49. The first kappa shape index (κ1) is 30.9. The SMILES string of the molecule is CC[C@@H](C(=O)NC1CCCC1)N(CCc1ccccc1)C(=O)CN(c1cc(Cl)ccc1Cl)S(=O)(=O)c1ccccc1. The number of carbonyl (C=O) groups is 2. The molecule has 4 rings (SSSR count). The number of carbonyl (C=O) groups excluding carboxylic acids is 2. The molecule has 2 amide bonds. The van der Waals surface area contributed by atoms with Crippen LogP contribution in [0.4, 0.5) is 5.69 Å². The number of sulfonamides is 1. The lowest BCUT2D eigenvalue weighted by molar-refractivity contribution is -0.139. The first-order valence-electron chi connectivity index (χ1n) is 13.9. The van der Waals surface area contributed by atoms with Crippen molar-refractivity contribution >= 4 is 50.7 Å². The quantitative estimate of drug-likeness (QED) is 0.267. The highest BCUT2D eigenvalue weighted by Crippen LogP contribution is 2.33. The molecule has 0 unspecified atom stereocenters. The molecule has 0 aliphatic heterocycles. The van der Waals surface area contributed by atoms with E-state index in [1.807, 2.05) is 37.3 Å². The minimum absolute atomic E-state index is 0.00527. The van der Waals surface area contributed by atoms with E-state index in [1.54, 1.807) is 24.3 Å². The molecule has 1 N–H and O–H groups in total. The lowest BCUT2D eigenvalue weighted by Gasteiger charge is -2.34. The normalized spacial score (nSPS) is 14.4. The first-order chi connectivity index (χ1) is 19.7. The highest BCUT2D eigenvalue weighted by molar-refractivity contribution is 7.92. The molecule has 3 aromatic carbocycles. The zero-order chi connectivity index (χ0) is 29.4. The van der Waals surface area contributed by atoms with Crippen LogP contribution in [0.3, 0.4) is 0 Å². The van der Waals surface area contributed by atoms with Crippen molar-refractivity contribution in [2.75, 3.05) is 17.4 Å². The van der Waals surface area contributed by atoms with Crippen LogP contribution in [-0.2, 0) is 26.0 Å². The van der Waals surface area contributed by atoms with Gasteiger partial charge < -0.3 is 10.2 Å². The number of nitrogens with zero attached hydrogens (tertiary/aromatic N) is 2. The lowest BCUT2D eigenvalue weighted by Crippen LogP contribution is -2.54. The number of anilines is 1. The van der Waals surface area contributed by atoms with E-state index in [4.69, 9.17) is 23.2 Å². The van der Waals surface area contributed by atoms with E-state index in [0.29, 0.717) is 12.8 Å². The first-order valence-corrected chi connectivity index (χ1v) is 16.1. The molecule has 218 valence electrons. The molecule has 3 aromatic rings. The Balaban J connectivity index is 1.69. The van der Waals surface area contributed by atoms with Crippen molar-refractivity contribution < 1.29 is 18.0 Å². The average molecular weight is 617 g/mol. The second-order valence-electron chi connectivity index (χ2n) is 10.2. The molecule has 1 saturated carbocycles. The monoisotopic (exact) mass is 615 g/mol. The van der Waals surface area contributed by atoms with Gasteiger partial charge in [0.1, 0.15) is 12.6 Å². The molecule has 1 aliphatic rings. The summed E-state index contributed by atoms with van der Waals surface area (Å²) in [5.41, 5.74) is 1.09. The van der Waals surface area contributed by atoms with Crippen molar-refractivity contribution in [1.29, 1.82) is 0 Å². The van der Waals surface area contributed by atoms with E-state index in [-0.39, 0.29) is 39.1 Å². The predicted octanol–water partition coefficient (Wildman–Crippen LogP) is 6.10. The van der Waals surface area contributed by atoms with Crippen LogP contribution in [0.25, 0.3) is 0 Å². The Morgan fingerprint density at radius 2 is 1.59 bits per heavy atom. The van der Waals surface area contributed by atoms with Crippen LogP contribution >= 0.6 is 23.2 Å². The Kier molecular flexibility index (Phi) is 10.7. The second-order valence-corrected chi connectivity index (χ2v) is 12.9. The fourth-order valence-corrected chi connectivity index (χ4v) is 7.06. The van der Waals surface area contributed by atoms with Crippen molar-refractivity contribution in [2.24, 2.45) is 0 Å². The van der Waals surface area contributed by atoms with Gasteiger partial charge >= 0.3 is 0 Å². The summed E-state index contributed by atoms with van der Waals surface area (Å²) in [5.74, 6) is -0.732. The molecule has 10 heteroatoms. The summed E-state index contributed by atoms with van der Waals surface area (Å²) < 4.78 is 28.8. The Hall–Kier alpha value is -3.07. The van der Waals surface area contributed by atoms with Gasteiger partial charge in [-0.1, -0.05) is 91.5 Å². The largest absolute Gasteiger partial charge is 0.352 e. The Bertz CT molecular complexity index is 1430. The summed E-state index contributed by atoms with van der Waals surface area (Å²) in [6, 6.07) is 21.3. The number of amides is 2. The molecule has 41 heavy (non-hydrogen) atoms. The van der Waals surface area contributed by atoms with Crippen molar-refractivity contribution in [3.05, 3.63) is 94.5 Å². The third-order valence-electron chi connectivity index (χ3n) is 7.36. The van der Waals surface area contributed by atoms with Crippen LogP contribution in [0, 0.1) is 0 Å². The molecule has 0 saturated heterocycles. The molecule has 0 aromatic heterocycles. The third-order valence-corrected chi connectivity index (χ3v) is 9.69. The van der Waals surface area contributed by atoms with Gasteiger partial charge in [-0.15, -0.1) is 0 Å². The molecule has 0 heterocycles. The van der Waals surface area contributed by atoms with Gasteiger partial charge in [0, 0.05) is 17.6 Å². The van der Waals surface area contributed by atoms with E-state index in [9.17, 15) is 18.0 Å². The van der Waals surface area contributed by atoms with Gasteiger partial charge in [-0.25, -0.2) is 8.42 Å². The number of benzene rings is 3. The second kappa shape index (κ2) is 14.2. The Labute approximate surface area is 252 Å². The lowest BCUT2D eigenvalue weighted by atomic mass is 10.1. The summed E-state index contributed by atoms with van der Waals surface area (Å²) in [6.07, 6.45) is 4.83. The van der Waals surface area contributed by atoms with Gasteiger partial charge in [0.05, 0.1) is 15.6 Å². The number of nitrogens with one attached hydrogen (secondary N) is 1. The van der Waals surface area contributed by atoms with Crippen LogP contribution in [0.1, 0.15) is 44.6 Å². The number of hydrogen-bond acceptors (Lipinski definition) is 4. The van der Waals surface area contributed by atoms with Gasteiger partial charge in [-0.3, -0.25) is 13.9 Å². The van der Waals surface area contributed by atoms with Crippen molar-refractivity contribution in [1.82, 2.24) is 10.2 Å². The predicted molar refractivity (Wildman–Crippen MR) is 164 cm³/mol. The summed E-state index contributed by atoms with van der Waals surface area (Å²) in [5, 5.41) is 3.52. The summed E-state index contributed by atoms with van der Waals surface area (Å²) in [4.78, 5) is 29.1. The highest BCUT2D eigenvalue weighted by Gasteiger charge is 2.35. The molecule has 0 spiro atoms. The fraction of sp³-hybridized carbons (Fsp3) is 0.355. The Morgan fingerprint density at radius 3 is 2.22 bits per heavy atom. The van der Waals surface area contributed by atoms with Crippen LogP contribution in [0.15, 0.2) is 83.8 Å². The smallest absolute Gasteiger partial charge is 0.264 e. The van der Waals surface area contributed by atoms with Gasteiger partial charge in [0.15, 0.2) is 0 Å². The number of rotatable bonds is 12. The maximum absolute atomic E-state index is 14.1. The Morgan fingerprint density at radius 1 is 0.951 bits per heavy atom. The van der Waals surface area contributed by atoms with Gasteiger partial charge in [0.2, 0.25) is 11.8 Å². The molecule has 1 fully saturated rings. The molecule has 7 nitrogen and oxygen atoms in total. The summed E-state index contributed by atoms with van der Waals surface area (Å²) in [6.45, 7) is 1.54. The molecule has 1 atom stereocenters. The summed E-state index contributed by atoms with van der Waals surface area (Å²) in [7, 11) is -4.22. The molecule has 0 bridgehead atoms. The van der Waals surface area contributed by atoms with Gasteiger partial charge in [-0.05, 0) is 61.6 Å². The third kappa shape index (κ3) is 7.82. The van der Waals surface area contributed by atoms with Crippen LogP contribution < -0.4 is 9.62 Å². The molecular formula is C31H35Cl2N3O4S. The standard InChI is InChI=1S/C31H35Cl2N3O4S/c1-2-28(31(38)34-25-13-9-10-14-25)35(20-19-23-11-5-3-6-12-23)30(37)22-36(29-21-24(32)17-18-27(29)33)41(39,40)26-15-7-4-8-16-26/h3-8,11-12,15-18,21,25,28H,2,9-10,13-14,19-20,22H2,1H3,(H,34,38)/t28-/m0/s1. The molecule has 1 aliphatic carbocycles. The molecular weight excluding hydrogens is 581 g/mol. The van der Waals surface area contributed by atoms with Crippen molar-refractivity contribution in [2.45, 2.75) is 62.4 Å². The number of halogens is 2. The van der Waals surface area contributed by atoms with Gasteiger partial charge in [-0.2, -0.15) is 0 Å². The van der Waals surface area contributed by atoms with Crippen LogP contribution in [0.2, 0.25) is 10.0 Å². The van der Waals surface area contributed by atoms with E-state index in [2.05, 4.69) is 5.32 Å². The number of hydrogen-bond donors (Lipinski definition) is 1. The van der Waals surface area contributed by atoms with Gasteiger partial charge in [0.25, 0.3) is 10.0 Å².